The van der Waals surface area contributed by atoms with Crippen LogP contribution in [-0.2, 0) is 11.8 Å². The van der Waals surface area contributed by atoms with Crippen molar-refractivity contribution in [2.75, 3.05) is 5.32 Å². The molecular formula is C19H16F4N4O3. The summed E-state index contributed by atoms with van der Waals surface area (Å²) in [6.45, 7) is 2.11. The number of nitriles is 1. The monoisotopic (exact) mass is 424 g/mol. The van der Waals surface area contributed by atoms with Crippen LogP contribution < -0.4 is 10.6 Å². The third-order valence-electron chi connectivity index (χ3n) is 4.40. The first-order chi connectivity index (χ1) is 13.9. The number of anilines is 1. The number of rotatable bonds is 5. The van der Waals surface area contributed by atoms with Crippen molar-refractivity contribution < 1.29 is 31.9 Å². The van der Waals surface area contributed by atoms with E-state index in [-0.39, 0.29) is 28.2 Å². The number of Topliss-reactive ketones (excluding diaryl/α,β-unsaturated/α-hetero) is 1. The summed E-state index contributed by atoms with van der Waals surface area (Å²) in [6, 6.07) is 3.79. The Hall–Kier alpha value is -3.68. The zero-order chi connectivity index (χ0) is 22.8. The summed E-state index contributed by atoms with van der Waals surface area (Å²) in [5, 5.41) is 12.8. The second-order valence-electron chi connectivity index (χ2n) is 6.41. The second-order valence-corrected chi connectivity index (χ2v) is 6.41. The third kappa shape index (κ3) is 4.65. The van der Waals surface area contributed by atoms with Gasteiger partial charge in [-0.1, -0.05) is 0 Å². The number of hydrogen-bond donors (Lipinski definition) is 2. The molecule has 7 nitrogen and oxygen atoms in total. The molecule has 1 atom stereocenters. The number of alkyl halides is 3. The Morgan fingerprint density at radius 3 is 2.40 bits per heavy atom. The Labute approximate surface area is 168 Å². The van der Waals surface area contributed by atoms with E-state index in [4.69, 9.17) is 5.26 Å². The van der Waals surface area contributed by atoms with E-state index in [0.717, 1.165) is 18.2 Å². The van der Waals surface area contributed by atoms with Crippen LogP contribution >= 0.6 is 0 Å². The summed E-state index contributed by atoms with van der Waals surface area (Å²) in [5.41, 5.74) is -0.318. The lowest BCUT2D eigenvalue weighted by Gasteiger charge is -2.16. The van der Waals surface area contributed by atoms with Crippen LogP contribution in [-0.4, -0.2) is 34.4 Å². The molecule has 2 aromatic rings. The van der Waals surface area contributed by atoms with Gasteiger partial charge in [0, 0.05) is 24.0 Å². The molecule has 0 radical (unpaired) electrons. The van der Waals surface area contributed by atoms with Crippen molar-refractivity contribution in [2.24, 2.45) is 7.05 Å². The van der Waals surface area contributed by atoms with Crippen molar-refractivity contribution >= 4 is 23.3 Å². The summed E-state index contributed by atoms with van der Waals surface area (Å²) in [5.74, 6) is -4.19. The zero-order valence-electron chi connectivity index (χ0n) is 16.0. The third-order valence-corrected chi connectivity index (χ3v) is 4.40. The van der Waals surface area contributed by atoms with E-state index in [1.807, 2.05) is 0 Å². The maximum Gasteiger partial charge on any atom is 0.408 e. The lowest BCUT2D eigenvalue weighted by molar-refractivity contribution is -0.156. The van der Waals surface area contributed by atoms with Gasteiger partial charge in [0.25, 0.3) is 17.6 Å². The van der Waals surface area contributed by atoms with Gasteiger partial charge in [-0.2, -0.15) is 18.4 Å². The van der Waals surface area contributed by atoms with E-state index >= 15 is 0 Å². The van der Waals surface area contributed by atoms with Gasteiger partial charge >= 0.3 is 6.18 Å². The number of carbonyl (C=O) groups excluding carboxylic acids is 3. The summed E-state index contributed by atoms with van der Waals surface area (Å²) < 4.78 is 52.4. The molecule has 0 saturated heterocycles. The van der Waals surface area contributed by atoms with Crippen LogP contribution in [0, 0.1) is 24.1 Å². The molecule has 2 N–H and O–H groups in total. The largest absolute Gasteiger partial charge is 0.408 e. The van der Waals surface area contributed by atoms with Gasteiger partial charge in [0.2, 0.25) is 0 Å². The molecule has 30 heavy (non-hydrogen) atoms. The molecule has 0 aliphatic rings. The molecule has 0 saturated carbocycles. The number of amides is 2. The van der Waals surface area contributed by atoms with Crippen LogP contribution in [0.4, 0.5) is 23.2 Å². The molecular weight excluding hydrogens is 408 g/mol. The molecule has 1 aromatic heterocycles. The molecule has 0 aliphatic heterocycles. The van der Waals surface area contributed by atoms with Crippen LogP contribution in [0.5, 0.6) is 0 Å². The maximum atomic E-state index is 13.4. The summed E-state index contributed by atoms with van der Waals surface area (Å²) in [7, 11) is 1.42. The number of carbonyl (C=O) groups is 3. The summed E-state index contributed by atoms with van der Waals surface area (Å²) >= 11 is 0. The molecule has 158 valence electrons. The minimum atomic E-state index is -4.72. The van der Waals surface area contributed by atoms with E-state index < -0.39 is 35.6 Å². The van der Waals surface area contributed by atoms with Crippen molar-refractivity contribution in [3.8, 4) is 6.07 Å². The van der Waals surface area contributed by atoms with E-state index in [9.17, 15) is 31.9 Å². The van der Waals surface area contributed by atoms with Gasteiger partial charge in [0.1, 0.15) is 23.6 Å². The highest BCUT2D eigenvalue weighted by Crippen LogP contribution is 2.21. The topological polar surface area (TPSA) is 104 Å². The SMILES string of the molecule is Cc1c(C(=O)C(=O)N[C@H](C)C(F)(F)F)cc(C(=O)Nc2ccc(F)c(C#N)c2)n1C. The number of aromatic nitrogens is 1. The second kappa shape index (κ2) is 8.36. The summed E-state index contributed by atoms with van der Waals surface area (Å²) in [6.07, 6.45) is -4.72. The Morgan fingerprint density at radius 2 is 1.83 bits per heavy atom. The van der Waals surface area contributed by atoms with Crippen molar-refractivity contribution in [3.63, 3.8) is 0 Å². The molecule has 1 aromatic carbocycles. The minimum Gasteiger partial charge on any atom is -0.343 e. The molecule has 0 aliphatic carbocycles. The Bertz CT molecular complexity index is 1070. The number of hydrogen-bond acceptors (Lipinski definition) is 4. The average molecular weight is 424 g/mol. The van der Waals surface area contributed by atoms with Gasteiger partial charge in [-0.15, -0.1) is 0 Å². The highest BCUT2D eigenvalue weighted by Gasteiger charge is 2.38. The predicted molar refractivity (Wildman–Crippen MR) is 97.2 cm³/mol. The van der Waals surface area contributed by atoms with Crippen molar-refractivity contribution in [1.82, 2.24) is 9.88 Å². The van der Waals surface area contributed by atoms with Crippen LogP contribution in [0.15, 0.2) is 24.3 Å². The molecule has 1 heterocycles. The lowest BCUT2D eigenvalue weighted by Crippen LogP contribution is -2.45. The van der Waals surface area contributed by atoms with Gasteiger partial charge < -0.3 is 15.2 Å². The Kier molecular flexibility index (Phi) is 6.30. The fourth-order valence-corrected chi connectivity index (χ4v) is 2.50. The van der Waals surface area contributed by atoms with Crippen LogP contribution in [0.25, 0.3) is 0 Å². The smallest absolute Gasteiger partial charge is 0.343 e. The van der Waals surface area contributed by atoms with Gasteiger partial charge in [-0.05, 0) is 38.1 Å². The molecule has 0 bridgehead atoms. The molecule has 2 rings (SSSR count). The Balaban J connectivity index is 2.26. The van der Waals surface area contributed by atoms with Crippen molar-refractivity contribution in [3.05, 3.63) is 52.6 Å². The van der Waals surface area contributed by atoms with Crippen molar-refractivity contribution in [1.29, 1.82) is 5.26 Å². The van der Waals surface area contributed by atoms with Crippen LogP contribution in [0.2, 0.25) is 0 Å². The molecule has 0 spiro atoms. The zero-order valence-corrected chi connectivity index (χ0v) is 16.0. The predicted octanol–water partition coefficient (Wildman–Crippen LogP) is 2.85. The highest BCUT2D eigenvalue weighted by molar-refractivity contribution is 6.43. The van der Waals surface area contributed by atoms with Gasteiger partial charge in [0.05, 0.1) is 5.56 Å². The van der Waals surface area contributed by atoms with Gasteiger partial charge in [0.15, 0.2) is 0 Å². The number of ketones is 1. The average Bonchev–Trinajstić information content (AvgIpc) is 2.97. The first-order valence-corrected chi connectivity index (χ1v) is 8.46. The Morgan fingerprint density at radius 1 is 1.20 bits per heavy atom. The molecule has 2 amide bonds. The molecule has 0 unspecified atom stereocenters. The number of halogens is 4. The lowest BCUT2D eigenvalue weighted by atomic mass is 10.1. The fourth-order valence-electron chi connectivity index (χ4n) is 2.50. The number of nitrogens with zero attached hydrogens (tertiary/aromatic N) is 2. The van der Waals surface area contributed by atoms with E-state index in [1.165, 1.54) is 24.6 Å². The first-order valence-electron chi connectivity index (χ1n) is 8.46. The van der Waals surface area contributed by atoms with Crippen LogP contribution in [0.1, 0.15) is 39.0 Å². The van der Waals surface area contributed by atoms with Gasteiger partial charge in [-0.25, -0.2) is 4.39 Å². The quantitative estimate of drug-likeness (QED) is 0.438. The number of nitrogens with one attached hydrogen (secondary N) is 2. The highest BCUT2D eigenvalue weighted by atomic mass is 19.4. The van der Waals surface area contributed by atoms with E-state index in [0.29, 0.717) is 6.92 Å². The van der Waals surface area contributed by atoms with Crippen LogP contribution in [0.3, 0.4) is 0 Å². The number of benzene rings is 1. The molecule has 11 heteroatoms. The fraction of sp³-hybridized carbons (Fsp3) is 0.263. The first kappa shape index (κ1) is 22.6. The normalized spacial score (nSPS) is 12.1. The summed E-state index contributed by atoms with van der Waals surface area (Å²) in [4.78, 5) is 36.7. The maximum absolute atomic E-state index is 13.4. The van der Waals surface area contributed by atoms with E-state index in [2.05, 4.69) is 5.32 Å². The molecule has 0 fully saturated rings. The van der Waals surface area contributed by atoms with Gasteiger partial charge in [-0.3, -0.25) is 14.4 Å². The van der Waals surface area contributed by atoms with Crippen molar-refractivity contribution in [2.45, 2.75) is 26.1 Å². The van der Waals surface area contributed by atoms with E-state index in [1.54, 1.807) is 11.4 Å². The standard InChI is InChI=1S/C19H16F4N4O3/c1-9-13(16(28)18(30)25-10(2)19(21,22)23)7-15(27(9)3)17(29)26-12-4-5-14(20)11(6-12)8-24/h4-7,10H,1-3H3,(H,25,30)(H,26,29)/t10-/m1/s1. The minimum absolute atomic E-state index is 0.0737.